The number of aryl methyl sites for hydroxylation is 1. The summed E-state index contributed by atoms with van der Waals surface area (Å²) in [5.41, 5.74) is 4.94. The number of benzene rings is 1. The Balaban J connectivity index is 1.14. The van der Waals surface area contributed by atoms with E-state index < -0.39 is 0 Å². The van der Waals surface area contributed by atoms with Gasteiger partial charge < -0.3 is 10.1 Å². The van der Waals surface area contributed by atoms with Gasteiger partial charge in [0.2, 0.25) is 11.8 Å². The molecule has 1 N–H and O–H groups in total. The predicted molar refractivity (Wildman–Crippen MR) is 127 cm³/mol. The number of amides is 1. The maximum absolute atomic E-state index is 11.2. The van der Waals surface area contributed by atoms with E-state index in [1.807, 2.05) is 48.7 Å². The highest BCUT2D eigenvalue weighted by molar-refractivity contribution is 5.88. The molecule has 7 heteroatoms. The van der Waals surface area contributed by atoms with Gasteiger partial charge in [-0.1, -0.05) is 18.2 Å². The number of likely N-dealkylation sites (tertiary alicyclic amines) is 1. The zero-order valence-corrected chi connectivity index (χ0v) is 19.1. The van der Waals surface area contributed by atoms with Gasteiger partial charge in [-0.25, -0.2) is 0 Å². The van der Waals surface area contributed by atoms with Gasteiger partial charge in [-0.3, -0.25) is 14.7 Å². The van der Waals surface area contributed by atoms with E-state index in [0.29, 0.717) is 17.7 Å². The molecule has 2 fully saturated rings. The number of ether oxygens (including phenoxy) is 1. The molecule has 0 unspecified atom stereocenters. The van der Waals surface area contributed by atoms with E-state index in [-0.39, 0.29) is 12.0 Å². The van der Waals surface area contributed by atoms with Crippen molar-refractivity contribution in [3.05, 3.63) is 66.0 Å². The van der Waals surface area contributed by atoms with Crippen molar-refractivity contribution < 1.29 is 9.53 Å². The molecule has 170 valence electrons. The first-order valence-electron chi connectivity index (χ1n) is 11.5. The van der Waals surface area contributed by atoms with Gasteiger partial charge in [0, 0.05) is 50.1 Å². The first kappa shape index (κ1) is 21.5. The Bertz CT molecular complexity index is 1100. The third-order valence-electron chi connectivity index (χ3n) is 6.70. The van der Waals surface area contributed by atoms with E-state index in [9.17, 15) is 4.79 Å². The summed E-state index contributed by atoms with van der Waals surface area (Å²) >= 11 is 0. The number of hydrogen-bond acceptors (Lipinski definition) is 6. The van der Waals surface area contributed by atoms with E-state index in [1.54, 1.807) is 0 Å². The molecule has 0 radical (unpaired) electrons. The fourth-order valence-electron chi connectivity index (χ4n) is 5.10. The van der Waals surface area contributed by atoms with Crippen LogP contribution < -0.4 is 10.1 Å². The van der Waals surface area contributed by atoms with Crippen LogP contribution in [0.25, 0.3) is 11.3 Å². The van der Waals surface area contributed by atoms with Crippen molar-refractivity contribution in [2.24, 2.45) is 11.8 Å². The minimum Gasteiger partial charge on any atom is -0.473 e. The summed E-state index contributed by atoms with van der Waals surface area (Å²) in [5.74, 6) is 1.84. The van der Waals surface area contributed by atoms with E-state index in [1.165, 1.54) is 18.2 Å². The quantitative estimate of drug-likeness (QED) is 0.618. The number of rotatable bonds is 6. The number of fused-ring (bicyclic) bond motifs is 1. The number of nitrogens with zero attached hydrogens (tertiary/aromatic N) is 4. The van der Waals surface area contributed by atoms with Gasteiger partial charge in [-0.05, 0) is 61.4 Å². The molecule has 1 aliphatic carbocycles. The summed E-state index contributed by atoms with van der Waals surface area (Å²) in [6.07, 6.45) is 4.22. The Morgan fingerprint density at radius 2 is 1.82 bits per heavy atom. The van der Waals surface area contributed by atoms with E-state index >= 15 is 0 Å². The van der Waals surface area contributed by atoms with Crippen LogP contribution in [0.5, 0.6) is 5.88 Å². The fraction of sp³-hybridized carbons (Fsp3) is 0.385. The summed E-state index contributed by atoms with van der Waals surface area (Å²) in [6.45, 7) is 6.79. The third-order valence-corrected chi connectivity index (χ3v) is 6.70. The summed E-state index contributed by atoms with van der Waals surface area (Å²) in [5, 5.41) is 11.4. The molecule has 5 rings (SSSR count). The van der Waals surface area contributed by atoms with Gasteiger partial charge in [0.25, 0.3) is 0 Å². The monoisotopic (exact) mass is 443 g/mol. The average molecular weight is 444 g/mol. The fourth-order valence-corrected chi connectivity index (χ4v) is 5.10. The summed E-state index contributed by atoms with van der Waals surface area (Å²) in [4.78, 5) is 18.2. The van der Waals surface area contributed by atoms with Crippen LogP contribution in [0.1, 0.15) is 31.0 Å². The lowest BCUT2D eigenvalue weighted by molar-refractivity contribution is -0.114. The number of aromatic nitrogens is 3. The lowest BCUT2D eigenvalue weighted by Crippen LogP contribution is -2.25. The van der Waals surface area contributed by atoms with Crippen molar-refractivity contribution in [1.29, 1.82) is 0 Å². The average Bonchev–Trinajstić information content (AvgIpc) is 3.34. The van der Waals surface area contributed by atoms with Crippen LogP contribution in [0.3, 0.4) is 0 Å². The Kier molecular flexibility index (Phi) is 6.05. The number of pyridine rings is 1. The molecule has 3 atom stereocenters. The van der Waals surface area contributed by atoms with Crippen molar-refractivity contribution >= 4 is 11.6 Å². The van der Waals surface area contributed by atoms with Gasteiger partial charge in [-0.2, -0.15) is 0 Å². The van der Waals surface area contributed by atoms with Crippen LogP contribution >= 0.6 is 0 Å². The molecule has 1 amide bonds. The second-order valence-electron chi connectivity index (χ2n) is 9.21. The summed E-state index contributed by atoms with van der Waals surface area (Å²) in [7, 11) is 0. The van der Waals surface area contributed by atoms with E-state index in [4.69, 9.17) is 4.74 Å². The lowest BCUT2D eigenvalue weighted by Gasteiger charge is -2.19. The Labute approximate surface area is 194 Å². The molecule has 1 saturated carbocycles. The van der Waals surface area contributed by atoms with Gasteiger partial charge in [0.05, 0.1) is 11.4 Å². The molecule has 2 aromatic heterocycles. The van der Waals surface area contributed by atoms with Crippen LogP contribution in [0, 0.1) is 18.8 Å². The Morgan fingerprint density at radius 3 is 2.45 bits per heavy atom. The normalized spacial score (nSPS) is 22.2. The van der Waals surface area contributed by atoms with Crippen molar-refractivity contribution in [2.45, 2.75) is 39.3 Å². The first-order valence-corrected chi connectivity index (χ1v) is 11.5. The number of anilines is 1. The molecule has 1 aliphatic heterocycles. The topological polar surface area (TPSA) is 80.2 Å². The lowest BCUT2D eigenvalue weighted by atomic mass is 10.0. The molecule has 0 spiro atoms. The summed E-state index contributed by atoms with van der Waals surface area (Å²) in [6, 6.07) is 15.5. The largest absolute Gasteiger partial charge is 0.473 e. The van der Waals surface area contributed by atoms with Crippen molar-refractivity contribution in [3.63, 3.8) is 0 Å². The van der Waals surface area contributed by atoms with E-state index in [2.05, 4.69) is 38.4 Å². The summed E-state index contributed by atoms with van der Waals surface area (Å²) < 4.78 is 6.19. The van der Waals surface area contributed by atoms with Crippen LogP contribution in [-0.2, 0) is 11.3 Å². The number of nitrogens with one attached hydrogen (secondary N) is 1. The van der Waals surface area contributed by atoms with E-state index in [0.717, 1.165) is 49.4 Å². The van der Waals surface area contributed by atoms with Gasteiger partial charge in [0.1, 0.15) is 6.10 Å². The second-order valence-corrected chi connectivity index (χ2v) is 9.21. The molecular formula is C26H29N5O2. The number of carbonyl (C=O) groups is 1. The molecule has 1 saturated heterocycles. The zero-order chi connectivity index (χ0) is 22.8. The maximum Gasteiger partial charge on any atom is 0.233 e. The highest BCUT2D eigenvalue weighted by atomic mass is 16.5. The van der Waals surface area contributed by atoms with Gasteiger partial charge in [0.15, 0.2) is 0 Å². The minimum absolute atomic E-state index is 0.0869. The Morgan fingerprint density at radius 1 is 1.06 bits per heavy atom. The molecule has 7 nitrogen and oxygen atoms in total. The number of hydrogen-bond donors (Lipinski definition) is 1. The van der Waals surface area contributed by atoms with Crippen LogP contribution in [0.4, 0.5) is 5.69 Å². The highest BCUT2D eigenvalue weighted by Crippen LogP contribution is 2.40. The Hall–Kier alpha value is -3.32. The molecule has 2 aliphatic rings. The van der Waals surface area contributed by atoms with Crippen molar-refractivity contribution in [3.8, 4) is 17.1 Å². The minimum atomic E-state index is -0.0869. The molecule has 0 bridgehead atoms. The second kappa shape index (κ2) is 9.27. The molecule has 3 aromatic rings. The molecular weight excluding hydrogens is 414 g/mol. The third kappa shape index (κ3) is 5.03. The molecule has 3 heterocycles. The van der Waals surface area contributed by atoms with Crippen LogP contribution in [0.2, 0.25) is 0 Å². The van der Waals surface area contributed by atoms with Gasteiger partial charge in [-0.15, -0.1) is 10.2 Å². The maximum atomic E-state index is 11.2. The zero-order valence-electron chi connectivity index (χ0n) is 19.1. The standard InChI is InChI=1S/C26H29N5O2/c1-17-4-3-11-27-25(17)16-31-14-20-12-23(13-21(20)15-31)33-26-10-9-24(29-30-26)19-5-7-22(8-6-19)28-18(2)32/h3-11,20-21,23H,12-16H2,1-2H3,(H,28,32)/t20-,21+,23-. The SMILES string of the molecule is CC(=O)Nc1ccc(-c2ccc(O[C@@H]3C[C@@H]4CN(Cc5ncccc5C)C[C@@H]4C3)nn2)cc1. The van der Waals surface area contributed by atoms with Crippen LogP contribution in [0.15, 0.2) is 54.7 Å². The molecule has 33 heavy (non-hydrogen) atoms. The van der Waals surface area contributed by atoms with Gasteiger partial charge >= 0.3 is 0 Å². The molecule has 1 aromatic carbocycles. The first-order chi connectivity index (χ1) is 16.0. The predicted octanol–water partition coefficient (Wildman–Crippen LogP) is 4.09. The smallest absolute Gasteiger partial charge is 0.233 e. The number of carbonyl (C=O) groups excluding carboxylic acids is 1. The van der Waals surface area contributed by atoms with Crippen molar-refractivity contribution in [2.75, 3.05) is 18.4 Å². The van der Waals surface area contributed by atoms with Crippen molar-refractivity contribution in [1.82, 2.24) is 20.1 Å². The highest BCUT2D eigenvalue weighted by Gasteiger charge is 2.42. The van der Waals surface area contributed by atoms with Crippen LogP contribution in [-0.4, -0.2) is 45.2 Å².